The van der Waals surface area contributed by atoms with E-state index in [1.54, 1.807) is 0 Å². The predicted molar refractivity (Wildman–Crippen MR) is 47.6 cm³/mol. The Kier molecular flexibility index (Phi) is 1.97. The first kappa shape index (κ1) is 9.97. The first-order valence-electron chi connectivity index (χ1n) is 3.96. The summed E-state index contributed by atoms with van der Waals surface area (Å²) in [5, 5.41) is 0. The van der Waals surface area contributed by atoms with Crippen molar-refractivity contribution in [2.24, 2.45) is 0 Å². The second kappa shape index (κ2) is 2.96. The van der Waals surface area contributed by atoms with Crippen molar-refractivity contribution >= 4 is 22.1 Å². The maximum absolute atomic E-state index is 11.5. The van der Waals surface area contributed by atoms with Gasteiger partial charge in [-0.25, -0.2) is 14.1 Å². The normalized spacial score (nSPS) is 16.9. The van der Waals surface area contributed by atoms with E-state index in [4.69, 9.17) is 4.55 Å². The molecular weight excluding hydrogens is 222 g/mol. The predicted octanol–water partition coefficient (Wildman–Crippen LogP) is -1.33. The van der Waals surface area contributed by atoms with Gasteiger partial charge in [-0.05, 0) is 12.1 Å². The lowest BCUT2D eigenvalue weighted by molar-refractivity contribution is -0.574. The standard InChI is InChI=1S/C8H5NO5S/c10-7-5-3-1-2-4-6(5)8(11)9(7)15(12,13)14/h1-4H,(H,12,13,14)/p+1. The average Bonchev–Trinajstić information content (AvgIpc) is 2.39. The first-order valence-corrected chi connectivity index (χ1v) is 5.40. The van der Waals surface area contributed by atoms with Crippen molar-refractivity contribution in [3.05, 3.63) is 35.4 Å². The summed E-state index contributed by atoms with van der Waals surface area (Å²) >= 11 is 0. The second-order valence-corrected chi connectivity index (χ2v) is 4.37. The van der Waals surface area contributed by atoms with Gasteiger partial charge in [0.05, 0.1) is 11.1 Å². The fourth-order valence-corrected chi connectivity index (χ4v) is 2.15. The minimum absolute atomic E-state index is 0.00938. The van der Waals surface area contributed by atoms with E-state index >= 15 is 0 Å². The van der Waals surface area contributed by atoms with Crippen molar-refractivity contribution < 1.29 is 26.9 Å². The first-order chi connectivity index (χ1) is 6.93. The van der Waals surface area contributed by atoms with Crippen molar-refractivity contribution in [2.75, 3.05) is 0 Å². The van der Waals surface area contributed by atoms with E-state index in [1.807, 2.05) is 0 Å². The molecule has 0 spiro atoms. The number of amides is 2. The molecule has 1 aromatic carbocycles. The van der Waals surface area contributed by atoms with Crippen LogP contribution in [0.4, 0.5) is 0 Å². The molecule has 6 nitrogen and oxygen atoms in total. The third-order valence-corrected chi connectivity index (χ3v) is 2.97. The van der Waals surface area contributed by atoms with Crippen LogP contribution in [0, 0.1) is 0 Å². The van der Waals surface area contributed by atoms with Gasteiger partial charge in [0, 0.05) is 0 Å². The molecule has 0 fully saturated rings. The van der Waals surface area contributed by atoms with Crippen molar-refractivity contribution in [3.8, 4) is 0 Å². The molecule has 2 rings (SSSR count). The topological polar surface area (TPSA) is 93.0 Å². The summed E-state index contributed by atoms with van der Waals surface area (Å²) in [6.07, 6.45) is 0. The molecule has 2 amide bonds. The molecule has 0 aliphatic carbocycles. The van der Waals surface area contributed by atoms with Gasteiger partial charge in [0.2, 0.25) is 0 Å². The lowest BCUT2D eigenvalue weighted by atomic mass is 10.1. The maximum Gasteiger partial charge on any atom is 0.446 e. The largest absolute Gasteiger partial charge is 0.446 e. The molecule has 1 aliphatic rings. The quantitative estimate of drug-likeness (QED) is 0.459. The monoisotopic (exact) mass is 228 g/mol. The van der Waals surface area contributed by atoms with Gasteiger partial charge in [-0.3, -0.25) is 0 Å². The summed E-state index contributed by atoms with van der Waals surface area (Å²) < 4.78 is 29.3. The van der Waals surface area contributed by atoms with E-state index < -0.39 is 26.4 Å². The number of benzene rings is 1. The Morgan fingerprint density at radius 2 is 1.40 bits per heavy atom. The molecule has 0 aromatic heterocycles. The highest BCUT2D eigenvalue weighted by Gasteiger charge is 2.49. The van der Waals surface area contributed by atoms with Crippen LogP contribution in [0.15, 0.2) is 24.3 Å². The number of hydrogen-bond donors (Lipinski definition) is 2. The Balaban J connectivity index is 2.66. The molecule has 7 heteroatoms. The van der Waals surface area contributed by atoms with Gasteiger partial charge in [0.25, 0.3) is 0 Å². The number of rotatable bonds is 1. The van der Waals surface area contributed by atoms with Gasteiger partial charge in [-0.15, -0.1) is 8.42 Å². The number of hydrogen-bond acceptors (Lipinski definition) is 4. The molecular formula is C8H6NO5S+. The summed E-state index contributed by atoms with van der Waals surface area (Å²) in [6, 6.07) is 5.70. The second-order valence-electron chi connectivity index (χ2n) is 3.01. The van der Waals surface area contributed by atoms with Gasteiger partial charge in [0.15, 0.2) is 0 Å². The Bertz CT molecular complexity index is 527. The minimum Gasteiger partial charge on any atom is -0.241 e. The van der Waals surface area contributed by atoms with Crippen LogP contribution < -0.4 is 4.31 Å². The molecule has 1 aromatic rings. The smallest absolute Gasteiger partial charge is 0.241 e. The lowest BCUT2D eigenvalue weighted by Gasteiger charge is -2.00. The van der Waals surface area contributed by atoms with Crippen LogP contribution >= 0.6 is 0 Å². The number of nitrogens with one attached hydrogen (secondary N) is 1. The fraction of sp³-hybridized carbons (Fsp3) is 0. The number of imide groups is 1. The molecule has 0 unspecified atom stereocenters. The number of fused-ring (bicyclic) bond motifs is 1. The van der Waals surface area contributed by atoms with Crippen LogP contribution in [0.1, 0.15) is 20.7 Å². The van der Waals surface area contributed by atoms with Gasteiger partial charge in [-0.1, -0.05) is 16.4 Å². The van der Waals surface area contributed by atoms with E-state index in [-0.39, 0.29) is 11.1 Å². The van der Waals surface area contributed by atoms with Gasteiger partial charge < -0.3 is 0 Å². The zero-order chi connectivity index (χ0) is 11.2. The van der Waals surface area contributed by atoms with E-state index in [2.05, 4.69) is 0 Å². The lowest BCUT2D eigenvalue weighted by Crippen LogP contribution is -3.16. The molecule has 1 aliphatic heterocycles. The molecule has 15 heavy (non-hydrogen) atoms. The molecule has 0 radical (unpaired) electrons. The molecule has 0 saturated heterocycles. The van der Waals surface area contributed by atoms with Crippen LogP contribution in [-0.4, -0.2) is 24.8 Å². The van der Waals surface area contributed by atoms with Crippen molar-refractivity contribution in [1.82, 2.24) is 0 Å². The zero-order valence-corrected chi connectivity index (χ0v) is 8.11. The fourth-order valence-electron chi connectivity index (χ4n) is 1.46. The van der Waals surface area contributed by atoms with Crippen LogP contribution in [0.3, 0.4) is 0 Å². The summed E-state index contributed by atoms with van der Waals surface area (Å²) in [4.78, 5) is 22.9. The number of carbonyl (C=O) groups excluding carboxylic acids is 2. The van der Waals surface area contributed by atoms with Crippen LogP contribution in [-0.2, 0) is 10.3 Å². The van der Waals surface area contributed by atoms with E-state index in [9.17, 15) is 18.0 Å². The summed E-state index contributed by atoms with van der Waals surface area (Å²) in [5.41, 5.74) is 0.0188. The number of carbonyl (C=O) groups is 2. The Labute approximate surface area is 85.0 Å². The average molecular weight is 228 g/mol. The van der Waals surface area contributed by atoms with Gasteiger partial charge >= 0.3 is 22.1 Å². The van der Waals surface area contributed by atoms with Crippen LogP contribution in [0.25, 0.3) is 0 Å². The third-order valence-electron chi connectivity index (χ3n) is 2.09. The molecule has 78 valence electrons. The molecule has 0 saturated carbocycles. The maximum atomic E-state index is 11.5. The zero-order valence-electron chi connectivity index (χ0n) is 7.30. The Hall–Kier alpha value is -1.57. The van der Waals surface area contributed by atoms with E-state index in [0.717, 1.165) is 0 Å². The summed E-state index contributed by atoms with van der Waals surface area (Å²) in [5.74, 6) is -1.89. The highest BCUT2D eigenvalue weighted by atomic mass is 32.2. The molecule has 1 heterocycles. The minimum atomic E-state index is -4.75. The summed E-state index contributed by atoms with van der Waals surface area (Å²) in [6.45, 7) is 0. The Morgan fingerprint density at radius 1 is 1.00 bits per heavy atom. The molecule has 0 bridgehead atoms. The van der Waals surface area contributed by atoms with E-state index in [0.29, 0.717) is 0 Å². The van der Waals surface area contributed by atoms with Crippen molar-refractivity contribution in [3.63, 3.8) is 0 Å². The highest BCUT2D eigenvalue weighted by molar-refractivity contribution is 7.80. The SMILES string of the molecule is O=C1c2ccccc2C(=O)[NH+]1S(=O)(=O)O. The van der Waals surface area contributed by atoms with Crippen molar-refractivity contribution in [1.29, 1.82) is 0 Å². The Morgan fingerprint density at radius 3 is 1.73 bits per heavy atom. The molecule has 0 atom stereocenters. The highest BCUT2D eigenvalue weighted by Crippen LogP contribution is 2.11. The van der Waals surface area contributed by atoms with Crippen LogP contribution in [0.5, 0.6) is 0 Å². The van der Waals surface area contributed by atoms with E-state index in [1.165, 1.54) is 24.3 Å². The number of quaternary nitrogens is 1. The van der Waals surface area contributed by atoms with Crippen LogP contribution in [0.2, 0.25) is 0 Å². The third kappa shape index (κ3) is 1.37. The van der Waals surface area contributed by atoms with Gasteiger partial charge in [0.1, 0.15) is 0 Å². The van der Waals surface area contributed by atoms with Gasteiger partial charge in [-0.2, -0.15) is 0 Å². The molecule has 2 N–H and O–H groups in total. The van der Waals surface area contributed by atoms with Crippen molar-refractivity contribution in [2.45, 2.75) is 0 Å². The summed E-state index contributed by atoms with van der Waals surface area (Å²) in [7, 11) is -4.75.